The van der Waals surface area contributed by atoms with Gasteiger partial charge in [-0.15, -0.1) is 0 Å². The lowest BCUT2D eigenvalue weighted by atomic mass is 9.68. The fourth-order valence-electron chi connectivity index (χ4n) is 12.2. The summed E-state index contributed by atoms with van der Waals surface area (Å²) in [5.41, 5.74) is 17.6. The van der Waals surface area contributed by atoms with Crippen molar-refractivity contribution in [2.24, 2.45) is 0 Å². The minimum Gasteiger partial charge on any atom is -0.310 e. The minimum absolute atomic E-state index is 0.494. The Hall–Kier alpha value is -9.30. The summed E-state index contributed by atoms with van der Waals surface area (Å²) in [5, 5.41) is 9.97. The molecule has 0 unspecified atom stereocenters. The molecule has 13 aromatic carbocycles. The number of hydrogen-bond acceptors (Lipinski definition) is 1. The maximum atomic E-state index is 2.47. The van der Waals surface area contributed by atoms with Gasteiger partial charge in [0, 0.05) is 17.1 Å². The van der Waals surface area contributed by atoms with Gasteiger partial charge >= 0.3 is 0 Å². The van der Waals surface area contributed by atoms with Gasteiger partial charge in [0.25, 0.3) is 0 Å². The second-order valence-electron chi connectivity index (χ2n) is 19.1. The summed E-state index contributed by atoms with van der Waals surface area (Å²) in [4.78, 5) is 2.47. The van der Waals surface area contributed by atoms with Crippen LogP contribution in [-0.4, -0.2) is 0 Å². The van der Waals surface area contributed by atoms with Crippen molar-refractivity contribution in [3.05, 3.63) is 307 Å². The molecule has 0 saturated carbocycles. The van der Waals surface area contributed by atoms with Gasteiger partial charge in [-0.1, -0.05) is 249 Å². The molecule has 0 bridgehead atoms. The summed E-state index contributed by atoms with van der Waals surface area (Å²) in [6.45, 7) is 0. The van der Waals surface area contributed by atoms with Crippen LogP contribution < -0.4 is 4.90 Å². The fourth-order valence-corrected chi connectivity index (χ4v) is 12.2. The van der Waals surface area contributed by atoms with Crippen LogP contribution in [0.4, 0.5) is 17.1 Å². The van der Waals surface area contributed by atoms with Gasteiger partial charge in [0.1, 0.15) is 0 Å². The molecule has 0 N–H and O–H groups in total. The van der Waals surface area contributed by atoms with Crippen molar-refractivity contribution in [1.82, 2.24) is 0 Å². The summed E-state index contributed by atoms with van der Waals surface area (Å²) in [5.74, 6) is 0. The Morgan fingerprint density at radius 2 is 0.708 bits per heavy atom. The van der Waals surface area contributed by atoms with Crippen molar-refractivity contribution < 1.29 is 0 Å². The third kappa shape index (κ3) is 6.48. The van der Waals surface area contributed by atoms with Gasteiger partial charge in [-0.3, -0.25) is 0 Å². The van der Waals surface area contributed by atoms with E-state index in [4.69, 9.17) is 0 Å². The molecule has 14 rings (SSSR count). The number of fused-ring (bicyclic) bond motifs is 9. The molecule has 13 aromatic rings. The molecule has 0 fully saturated rings. The van der Waals surface area contributed by atoms with Crippen LogP contribution in [0.5, 0.6) is 0 Å². The van der Waals surface area contributed by atoms with E-state index in [9.17, 15) is 0 Å². The Bertz CT molecular complexity index is 4140. The van der Waals surface area contributed by atoms with E-state index >= 15 is 0 Å². The Balaban J connectivity index is 1.02. The van der Waals surface area contributed by atoms with Crippen molar-refractivity contribution in [1.29, 1.82) is 0 Å². The molecule has 1 nitrogen and oxygen atoms in total. The maximum absolute atomic E-state index is 2.47. The van der Waals surface area contributed by atoms with Crippen LogP contribution in [0.2, 0.25) is 0 Å². The zero-order valence-electron chi connectivity index (χ0n) is 39.6. The number of nitrogens with zero attached hydrogens (tertiary/aromatic N) is 1. The van der Waals surface area contributed by atoms with Crippen LogP contribution in [0, 0.1) is 0 Å². The monoisotopic (exact) mass is 913 g/mol. The quantitative estimate of drug-likeness (QED) is 0.137. The first-order chi connectivity index (χ1) is 35.7. The molecular weight excluding hydrogens is 867 g/mol. The van der Waals surface area contributed by atoms with E-state index in [-0.39, 0.29) is 0 Å². The van der Waals surface area contributed by atoms with E-state index in [2.05, 4.69) is 290 Å². The van der Waals surface area contributed by atoms with Crippen LogP contribution >= 0.6 is 0 Å². The van der Waals surface area contributed by atoms with Crippen molar-refractivity contribution in [3.8, 4) is 44.5 Å². The molecule has 1 aliphatic rings. The highest BCUT2D eigenvalue weighted by Gasteiger charge is 2.46. The summed E-state index contributed by atoms with van der Waals surface area (Å²) >= 11 is 0. The fraction of sp³-hybridized carbons (Fsp3) is 0.0141. The molecule has 0 aromatic heterocycles. The van der Waals surface area contributed by atoms with Gasteiger partial charge in [-0.25, -0.2) is 0 Å². The first-order valence-electron chi connectivity index (χ1n) is 25.0. The lowest BCUT2D eigenvalue weighted by molar-refractivity contribution is 0.768. The van der Waals surface area contributed by atoms with Gasteiger partial charge in [0.2, 0.25) is 0 Å². The first-order valence-corrected chi connectivity index (χ1v) is 25.0. The summed E-state index contributed by atoms with van der Waals surface area (Å²) in [6.07, 6.45) is 0. The smallest absolute Gasteiger partial charge is 0.0713 e. The van der Waals surface area contributed by atoms with E-state index in [0.717, 1.165) is 17.1 Å². The van der Waals surface area contributed by atoms with E-state index in [1.54, 1.807) is 0 Å². The van der Waals surface area contributed by atoms with E-state index in [0.29, 0.717) is 0 Å². The number of hydrogen-bond donors (Lipinski definition) is 0. The lowest BCUT2D eigenvalue weighted by Crippen LogP contribution is -2.28. The minimum atomic E-state index is -0.494. The highest BCUT2D eigenvalue weighted by molar-refractivity contribution is 6.22. The van der Waals surface area contributed by atoms with Gasteiger partial charge in [0.15, 0.2) is 0 Å². The normalized spacial score (nSPS) is 12.6. The molecule has 72 heavy (non-hydrogen) atoms. The Morgan fingerprint density at radius 1 is 0.236 bits per heavy atom. The highest BCUT2D eigenvalue weighted by Crippen LogP contribution is 2.57. The molecule has 1 heteroatoms. The molecule has 0 spiro atoms. The molecule has 0 heterocycles. The molecule has 0 aliphatic heterocycles. The highest BCUT2D eigenvalue weighted by atomic mass is 15.1. The zero-order valence-corrected chi connectivity index (χ0v) is 39.6. The Kier molecular flexibility index (Phi) is 9.82. The third-order valence-electron chi connectivity index (χ3n) is 15.3. The largest absolute Gasteiger partial charge is 0.310 e. The van der Waals surface area contributed by atoms with Crippen LogP contribution in [0.25, 0.3) is 87.6 Å². The molecule has 336 valence electrons. The molecular formula is C71H47N. The van der Waals surface area contributed by atoms with Crippen LogP contribution in [0.3, 0.4) is 0 Å². The molecule has 0 atom stereocenters. The first kappa shape index (κ1) is 41.7. The van der Waals surface area contributed by atoms with E-state index in [1.165, 1.54) is 110 Å². The average Bonchev–Trinajstić information content (AvgIpc) is 3.76. The maximum Gasteiger partial charge on any atom is 0.0713 e. The standard InChI is InChI=1S/C71H47N/c1-5-21-50(22-6-1)69-64-32-16-15-30-60(64)62-44-41-55(47-66(62)70(69)51-23-7-2-8-24-51)72(54-39-36-49(37-40-54)58-33-19-34-59-57-29-14-13-20-48(57)38-43-61(58)59)56-42-45-68-65(46-56)63-31-17-18-35-67(63)71(68,52-25-9-3-10-26-52)53-27-11-4-12-28-53/h1-47H. The number of anilines is 3. The summed E-state index contributed by atoms with van der Waals surface area (Å²) in [6, 6.07) is 106. The van der Waals surface area contributed by atoms with Gasteiger partial charge in [-0.2, -0.15) is 0 Å². The van der Waals surface area contributed by atoms with Crippen molar-refractivity contribution in [2.75, 3.05) is 4.90 Å². The predicted molar refractivity (Wildman–Crippen MR) is 305 cm³/mol. The van der Waals surface area contributed by atoms with Gasteiger partial charge < -0.3 is 4.90 Å². The second kappa shape index (κ2) is 17.0. The van der Waals surface area contributed by atoms with Crippen molar-refractivity contribution in [3.63, 3.8) is 0 Å². The number of rotatable bonds is 8. The predicted octanol–water partition coefficient (Wildman–Crippen LogP) is 19.1. The van der Waals surface area contributed by atoms with Gasteiger partial charge in [-0.05, 0) is 146 Å². The zero-order chi connectivity index (χ0) is 47.6. The average molecular weight is 914 g/mol. The van der Waals surface area contributed by atoms with Crippen LogP contribution in [0.1, 0.15) is 22.3 Å². The van der Waals surface area contributed by atoms with Crippen molar-refractivity contribution in [2.45, 2.75) is 5.41 Å². The Morgan fingerprint density at radius 3 is 1.42 bits per heavy atom. The lowest BCUT2D eigenvalue weighted by Gasteiger charge is -2.34. The topological polar surface area (TPSA) is 3.24 Å². The molecule has 0 saturated heterocycles. The third-order valence-corrected chi connectivity index (χ3v) is 15.3. The van der Waals surface area contributed by atoms with Crippen molar-refractivity contribution >= 4 is 60.2 Å². The molecule has 0 amide bonds. The van der Waals surface area contributed by atoms with E-state index in [1.807, 2.05) is 0 Å². The van der Waals surface area contributed by atoms with Crippen LogP contribution in [0.15, 0.2) is 285 Å². The van der Waals surface area contributed by atoms with Crippen LogP contribution in [-0.2, 0) is 5.41 Å². The summed E-state index contributed by atoms with van der Waals surface area (Å²) in [7, 11) is 0. The molecule has 0 radical (unpaired) electrons. The second-order valence-corrected chi connectivity index (χ2v) is 19.1. The summed E-state index contributed by atoms with van der Waals surface area (Å²) < 4.78 is 0. The number of benzene rings is 13. The SMILES string of the molecule is c1ccc(-c2c(-c3ccccc3)c3cc(N(c4ccc(-c5cccc6c5ccc5ccccc56)cc4)c4ccc5c(c4)-c4ccccc4C5(c4ccccc4)c4ccccc4)ccc3c3ccccc23)cc1. The molecule has 1 aliphatic carbocycles. The Labute approximate surface area is 420 Å². The van der Waals surface area contributed by atoms with E-state index < -0.39 is 5.41 Å². The van der Waals surface area contributed by atoms with Gasteiger partial charge in [0.05, 0.1) is 5.41 Å².